The number of nitrogens with zero attached hydrogens (tertiary/aromatic N) is 1. The number of benzene rings is 2. The van der Waals surface area contributed by atoms with Crippen LogP contribution in [0.5, 0.6) is 5.75 Å². The van der Waals surface area contributed by atoms with Crippen molar-refractivity contribution in [3.63, 3.8) is 0 Å². The molecule has 0 unspecified atom stereocenters. The van der Waals surface area contributed by atoms with Crippen LogP contribution in [0.3, 0.4) is 0 Å². The van der Waals surface area contributed by atoms with Gasteiger partial charge in [0, 0.05) is 28.1 Å². The lowest BCUT2D eigenvalue weighted by Crippen LogP contribution is -2.41. The van der Waals surface area contributed by atoms with Crippen LogP contribution in [0, 0.1) is 6.92 Å². The van der Waals surface area contributed by atoms with Gasteiger partial charge in [0.25, 0.3) is 11.8 Å². The molecule has 0 saturated heterocycles. The van der Waals surface area contributed by atoms with Crippen LogP contribution < -0.4 is 21.0 Å². The molecule has 0 aliphatic heterocycles. The number of methoxy groups -OCH3 is 1. The number of fused-ring (bicyclic) bond motifs is 1. The molecule has 1 aliphatic carbocycles. The van der Waals surface area contributed by atoms with Crippen molar-refractivity contribution in [1.29, 1.82) is 0 Å². The number of halogens is 2. The summed E-state index contributed by atoms with van der Waals surface area (Å²) in [5, 5.41) is 4.84. The molecule has 2 aromatic carbocycles. The van der Waals surface area contributed by atoms with E-state index in [4.69, 9.17) is 32.4 Å². The third kappa shape index (κ3) is 5.37. The molecule has 0 atom stereocenters. The molecule has 0 fully saturated rings. The Morgan fingerprint density at radius 2 is 1.78 bits per heavy atom. The molecule has 4 rings (SSSR count). The van der Waals surface area contributed by atoms with Crippen LogP contribution in [0.15, 0.2) is 52.0 Å². The van der Waals surface area contributed by atoms with Crippen LogP contribution >= 0.6 is 23.2 Å². The largest absolute Gasteiger partial charge is 0.497 e. The Hall–Kier alpha value is -3.82. The molecule has 0 radical (unpaired) electrons. The van der Waals surface area contributed by atoms with Crippen molar-refractivity contribution in [2.45, 2.75) is 26.2 Å². The number of hydrogen-bond donors (Lipinski definition) is 3. The van der Waals surface area contributed by atoms with Gasteiger partial charge in [-0.2, -0.15) is 5.10 Å². The summed E-state index contributed by atoms with van der Waals surface area (Å²) in [6, 6.07) is 11.1. The fourth-order valence-electron chi connectivity index (χ4n) is 3.86. The zero-order chi connectivity index (χ0) is 25.8. The zero-order valence-electron chi connectivity index (χ0n) is 19.4. The fraction of sp³-hybridized carbons (Fsp3) is 0.200. The van der Waals surface area contributed by atoms with Crippen molar-refractivity contribution in [3.05, 3.63) is 86.3 Å². The van der Waals surface area contributed by atoms with Crippen LogP contribution in [-0.2, 0) is 6.42 Å². The topological polar surface area (TPSA) is 122 Å². The van der Waals surface area contributed by atoms with E-state index in [-0.39, 0.29) is 16.3 Å². The fourth-order valence-corrected chi connectivity index (χ4v) is 4.35. The van der Waals surface area contributed by atoms with E-state index in [0.29, 0.717) is 51.8 Å². The Bertz CT molecular complexity index is 1380. The lowest BCUT2D eigenvalue weighted by molar-refractivity contribution is 0.0829. The maximum Gasteiger partial charge on any atom is 0.305 e. The first-order valence-corrected chi connectivity index (χ1v) is 11.7. The van der Waals surface area contributed by atoms with Gasteiger partial charge in [0.05, 0.1) is 23.4 Å². The Balaban J connectivity index is 1.48. The maximum absolute atomic E-state index is 12.8. The van der Waals surface area contributed by atoms with Crippen LogP contribution in [0.4, 0.5) is 0 Å². The van der Waals surface area contributed by atoms with Crippen molar-refractivity contribution >= 4 is 46.6 Å². The van der Waals surface area contributed by atoms with Gasteiger partial charge < -0.3 is 9.15 Å². The van der Waals surface area contributed by atoms with E-state index in [1.165, 1.54) is 25.3 Å². The molecule has 36 heavy (non-hydrogen) atoms. The summed E-state index contributed by atoms with van der Waals surface area (Å²) in [6.45, 7) is 1.72. The van der Waals surface area contributed by atoms with Crippen molar-refractivity contribution in [2.24, 2.45) is 5.10 Å². The molecule has 0 saturated carbocycles. The van der Waals surface area contributed by atoms with Gasteiger partial charge in [-0.3, -0.25) is 25.2 Å². The molecule has 1 heterocycles. The number of ether oxygens (including phenoxy) is 1. The lowest BCUT2D eigenvalue weighted by Gasteiger charge is -2.13. The smallest absolute Gasteiger partial charge is 0.305 e. The summed E-state index contributed by atoms with van der Waals surface area (Å²) in [4.78, 5) is 37.7. The number of aryl methyl sites for hydroxylation is 1. The Morgan fingerprint density at radius 3 is 2.53 bits per heavy atom. The Labute approximate surface area is 216 Å². The quantitative estimate of drug-likeness (QED) is 0.422. The molecule has 9 nitrogen and oxygen atoms in total. The number of furan rings is 1. The van der Waals surface area contributed by atoms with Crippen molar-refractivity contribution in [2.75, 3.05) is 7.11 Å². The van der Waals surface area contributed by atoms with E-state index < -0.39 is 17.7 Å². The highest BCUT2D eigenvalue weighted by molar-refractivity contribution is 6.36. The minimum atomic E-state index is -0.639. The number of hydrazine groups is 1. The average molecular weight is 529 g/mol. The minimum Gasteiger partial charge on any atom is -0.497 e. The summed E-state index contributed by atoms with van der Waals surface area (Å²) < 4.78 is 11.0. The summed E-state index contributed by atoms with van der Waals surface area (Å²) in [5.41, 5.74) is 9.60. The number of hydrogen-bond acceptors (Lipinski definition) is 6. The third-order valence-corrected chi connectivity index (χ3v) is 6.17. The molecular weight excluding hydrogens is 507 g/mol. The summed E-state index contributed by atoms with van der Waals surface area (Å²) in [6.07, 6.45) is 1.94. The molecule has 3 aromatic rings. The molecular formula is C25H22Cl2N4O5. The molecule has 0 bridgehead atoms. The average Bonchev–Trinajstić information content (AvgIpc) is 3.22. The van der Waals surface area contributed by atoms with Crippen molar-refractivity contribution in [3.8, 4) is 5.75 Å². The molecule has 186 valence electrons. The van der Waals surface area contributed by atoms with Gasteiger partial charge in [-0.1, -0.05) is 29.3 Å². The second-order valence-corrected chi connectivity index (χ2v) is 8.82. The standard InChI is InChI=1S/C25H22Cl2N4O5/c1-13-21-19(28-29-23(32)14-5-3-6-16(11-14)35-2)7-4-8-20(21)36-22(13)25(34)31-30-24(33)17-10-9-15(26)12-18(17)27/h3,5-6,9-12H,4,7-8H2,1-2H3,(H,29,32)(H,30,33)(H,31,34)/b28-19+. The van der Waals surface area contributed by atoms with E-state index in [9.17, 15) is 14.4 Å². The zero-order valence-corrected chi connectivity index (χ0v) is 20.9. The summed E-state index contributed by atoms with van der Waals surface area (Å²) >= 11 is 11.9. The highest BCUT2D eigenvalue weighted by atomic mass is 35.5. The summed E-state index contributed by atoms with van der Waals surface area (Å²) in [5.74, 6) is -0.457. The highest BCUT2D eigenvalue weighted by Gasteiger charge is 2.28. The number of amides is 3. The van der Waals surface area contributed by atoms with E-state index >= 15 is 0 Å². The van der Waals surface area contributed by atoms with Gasteiger partial charge in [-0.15, -0.1) is 0 Å². The van der Waals surface area contributed by atoms with E-state index in [0.717, 1.165) is 6.42 Å². The molecule has 11 heteroatoms. The van der Waals surface area contributed by atoms with Crippen LogP contribution in [-0.4, -0.2) is 30.5 Å². The van der Waals surface area contributed by atoms with Gasteiger partial charge in [0.1, 0.15) is 11.5 Å². The first kappa shape index (κ1) is 25.3. The maximum atomic E-state index is 12.8. The molecule has 3 N–H and O–H groups in total. The SMILES string of the molecule is COc1cccc(C(=O)N/N=C2\CCCc3oc(C(=O)NNC(=O)c4ccc(Cl)cc4Cl)c(C)c32)c1. The predicted molar refractivity (Wildman–Crippen MR) is 135 cm³/mol. The van der Waals surface area contributed by atoms with E-state index in [1.54, 1.807) is 31.2 Å². The lowest BCUT2D eigenvalue weighted by atomic mass is 9.93. The van der Waals surface area contributed by atoms with Gasteiger partial charge in [0.15, 0.2) is 5.76 Å². The normalized spacial score (nSPS) is 13.6. The first-order valence-electron chi connectivity index (χ1n) is 11.0. The second kappa shape index (κ2) is 10.8. The van der Waals surface area contributed by atoms with E-state index in [1.807, 2.05) is 0 Å². The van der Waals surface area contributed by atoms with Crippen molar-refractivity contribution in [1.82, 2.24) is 16.3 Å². The van der Waals surface area contributed by atoms with Gasteiger partial charge in [-0.05, 0) is 56.2 Å². The predicted octanol–water partition coefficient (Wildman–Crippen LogP) is 4.45. The highest BCUT2D eigenvalue weighted by Crippen LogP contribution is 2.30. The van der Waals surface area contributed by atoms with Gasteiger partial charge >= 0.3 is 5.91 Å². The number of hydrazone groups is 1. The first-order chi connectivity index (χ1) is 17.3. The molecule has 1 aromatic heterocycles. The second-order valence-electron chi connectivity index (χ2n) is 7.97. The van der Waals surface area contributed by atoms with Crippen LogP contribution in [0.25, 0.3) is 0 Å². The van der Waals surface area contributed by atoms with Crippen LogP contribution in [0.1, 0.15) is 61.0 Å². The number of rotatable bonds is 5. The molecule has 0 spiro atoms. The minimum absolute atomic E-state index is 0.0382. The third-order valence-electron chi connectivity index (χ3n) is 5.62. The summed E-state index contributed by atoms with van der Waals surface area (Å²) in [7, 11) is 1.52. The number of carbonyl (C=O) groups is 3. The number of carbonyl (C=O) groups excluding carboxylic acids is 3. The number of nitrogens with one attached hydrogen (secondary N) is 3. The monoisotopic (exact) mass is 528 g/mol. The van der Waals surface area contributed by atoms with Gasteiger partial charge in [-0.25, -0.2) is 5.43 Å². The molecule has 3 amide bonds. The van der Waals surface area contributed by atoms with Gasteiger partial charge in [0.2, 0.25) is 0 Å². The van der Waals surface area contributed by atoms with Crippen molar-refractivity contribution < 1.29 is 23.5 Å². The van der Waals surface area contributed by atoms with Crippen LogP contribution in [0.2, 0.25) is 10.0 Å². The molecule has 1 aliphatic rings. The Morgan fingerprint density at radius 1 is 1.00 bits per heavy atom. The Kier molecular flexibility index (Phi) is 7.61. The van der Waals surface area contributed by atoms with E-state index in [2.05, 4.69) is 21.4 Å².